The lowest BCUT2D eigenvalue weighted by molar-refractivity contribution is 0.302. The Balaban J connectivity index is 2.40. The molecule has 1 aromatic carbocycles. The minimum atomic E-state index is -0.921. The Kier molecular flexibility index (Phi) is 6.01. The number of rotatable bonds is 7. The average molecular weight is 258 g/mol. The molecule has 1 rings (SSSR count). The minimum Gasteiger partial charge on any atom is -0.503 e. The highest BCUT2D eigenvalue weighted by atomic mass is 19.1. The molecule has 102 valence electrons. The number of halogens is 2. The Bertz CT molecular complexity index is 358. The number of nitrogens with zero attached hydrogens (tertiary/aromatic N) is 1. The van der Waals surface area contributed by atoms with Crippen molar-refractivity contribution in [1.82, 2.24) is 10.2 Å². The van der Waals surface area contributed by atoms with E-state index >= 15 is 0 Å². The van der Waals surface area contributed by atoms with E-state index < -0.39 is 17.4 Å². The van der Waals surface area contributed by atoms with Gasteiger partial charge in [0.25, 0.3) is 0 Å². The molecule has 0 unspecified atom stereocenters. The lowest BCUT2D eigenvalue weighted by Gasteiger charge is -2.18. The third kappa shape index (κ3) is 4.23. The molecule has 2 N–H and O–H groups in total. The van der Waals surface area contributed by atoms with Gasteiger partial charge in [-0.15, -0.1) is 0 Å². The highest BCUT2D eigenvalue weighted by Crippen LogP contribution is 2.21. The zero-order valence-corrected chi connectivity index (χ0v) is 10.8. The molecule has 0 spiro atoms. The van der Waals surface area contributed by atoms with E-state index in [0.29, 0.717) is 12.1 Å². The van der Waals surface area contributed by atoms with Gasteiger partial charge in [0, 0.05) is 19.6 Å². The van der Waals surface area contributed by atoms with Crippen molar-refractivity contribution in [3.05, 3.63) is 29.3 Å². The van der Waals surface area contributed by atoms with Crippen LogP contribution in [0.4, 0.5) is 8.78 Å². The fourth-order valence-corrected chi connectivity index (χ4v) is 1.73. The SMILES string of the molecule is CCN(CC)CCNCc1cc(F)c(O)c(F)c1. The molecule has 0 bridgehead atoms. The van der Waals surface area contributed by atoms with Crippen molar-refractivity contribution in [2.45, 2.75) is 20.4 Å². The van der Waals surface area contributed by atoms with Crippen molar-refractivity contribution < 1.29 is 13.9 Å². The molecular weight excluding hydrogens is 238 g/mol. The van der Waals surface area contributed by atoms with Crippen LogP contribution in [-0.2, 0) is 6.54 Å². The van der Waals surface area contributed by atoms with Crippen LogP contribution >= 0.6 is 0 Å². The van der Waals surface area contributed by atoms with E-state index in [0.717, 1.165) is 38.3 Å². The third-order valence-corrected chi connectivity index (χ3v) is 2.91. The summed E-state index contributed by atoms with van der Waals surface area (Å²) < 4.78 is 26.1. The maximum absolute atomic E-state index is 13.1. The van der Waals surface area contributed by atoms with Gasteiger partial charge in [-0.25, -0.2) is 8.78 Å². The van der Waals surface area contributed by atoms with Gasteiger partial charge >= 0.3 is 0 Å². The van der Waals surface area contributed by atoms with Crippen molar-refractivity contribution in [3.63, 3.8) is 0 Å². The summed E-state index contributed by atoms with van der Waals surface area (Å²) in [6.07, 6.45) is 0. The Labute approximate surface area is 106 Å². The molecule has 0 aliphatic rings. The molecule has 0 fully saturated rings. The first-order valence-electron chi connectivity index (χ1n) is 6.18. The summed E-state index contributed by atoms with van der Waals surface area (Å²) in [4.78, 5) is 2.25. The highest BCUT2D eigenvalue weighted by Gasteiger charge is 2.09. The number of likely N-dealkylation sites (N-methyl/N-ethyl adjacent to an activating group) is 1. The van der Waals surface area contributed by atoms with Crippen molar-refractivity contribution in [3.8, 4) is 5.75 Å². The molecule has 0 aliphatic heterocycles. The molecule has 0 saturated carbocycles. The molecule has 1 aromatic rings. The van der Waals surface area contributed by atoms with Crippen LogP contribution in [0.25, 0.3) is 0 Å². The van der Waals surface area contributed by atoms with E-state index in [4.69, 9.17) is 5.11 Å². The predicted molar refractivity (Wildman–Crippen MR) is 67.5 cm³/mol. The molecular formula is C13H20F2N2O. The van der Waals surface area contributed by atoms with Crippen molar-refractivity contribution >= 4 is 0 Å². The van der Waals surface area contributed by atoms with Gasteiger partial charge in [0.05, 0.1) is 0 Å². The Morgan fingerprint density at radius 3 is 2.22 bits per heavy atom. The molecule has 0 heterocycles. The van der Waals surface area contributed by atoms with Crippen molar-refractivity contribution in [2.24, 2.45) is 0 Å². The second-order valence-corrected chi connectivity index (χ2v) is 4.11. The van der Waals surface area contributed by atoms with Gasteiger partial charge in [-0.3, -0.25) is 0 Å². The van der Waals surface area contributed by atoms with Gasteiger partial charge in [-0.1, -0.05) is 13.8 Å². The second-order valence-electron chi connectivity index (χ2n) is 4.11. The number of aromatic hydroxyl groups is 1. The molecule has 0 saturated heterocycles. The molecule has 0 radical (unpaired) electrons. The van der Waals surface area contributed by atoms with Gasteiger partial charge < -0.3 is 15.3 Å². The molecule has 0 amide bonds. The van der Waals surface area contributed by atoms with Gasteiger partial charge in [0.2, 0.25) is 0 Å². The first kappa shape index (κ1) is 14.9. The highest BCUT2D eigenvalue weighted by molar-refractivity contribution is 5.29. The number of nitrogens with one attached hydrogen (secondary N) is 1. The van der Waals surface area contributed by atoms with Gasteiger partial charge in [-0.2, -0.15) is 0 Å². The first-order chi connectivity index (χ1) is 8.58. The summed E-state index contributed by atoms with van der Waals surface area (Å²) in [6, 6.07) is 2.28. The molecule has 0 aliphatic carbocycles. The van der Waals surface area contributed by atoms with Crippen LogP contribution in [0, 0.1) is 11.6 Å². The standard InChI is InChI=1S/C13H20F2N2O/c1-3-17(4-2)6-5-16-9-10-7-11(14)13(18)12(15)8-10/h7-8,16,18H,3-6,9H2,1-2H3. The van der Waals surface area contributed by atoms with Gasteiger partial charge in [0.1, 0.15) is 0 Å². The smallest absolute Gasteiger partial charge is 0.187 e. The molecule has 18 heavy (non-hydrogen) atoms. The van der Waals surface area contributed by atoms with Crippen LogP contribution in [0.5, 0.6) is 5.75 Å². The average Bonchev–Trinajstić information content (AvgIpc) is 2.36. The van der Waals surface area contributed by atoms with Gasteiger partial charge in [-0.05, 0) is 30.8 Å². The number of benzene rings is 1. The van der Waals surface area contributed by atoms with Gasteiger partial charge in [0.15, 0.2) is 17.4 Å². The topological polar surface area (TPSA) is 35.5 Å². The summed E-state index contributed by atoms with van der Waals surface area (Å²) >= 11 is 0. The Morgan fingerprint density at radius 1 is 1.17 bits per heavy atom. The van der Waals surface area contributed by atoms with Crippen LogP contribution in [-0.4, -0.2) is 36.2 Å². The van der Waals surface area contributed by atoms with Crippen LogP contribution < -0.4 is 5.32 Å². The summed E-state index contributed by atoms with van der Waals surface area (Å²) in [7, 11) is 0. The maximum Gasteiger partial charge on any atom is 0.187 e. The number of phenols is 1. The van der Waals surface area contributed by atoms with Crippen LogP contribution in [0.1, 0.15) is 19.4 Å². The molecule has 0 aromatic heterocycles. The normalized spacial score (nSPS) is 11.2. The number of hydrogen-bond acceptors (Lipinski definition) is 3. The fraction of sp³-hybridized carbons (Fsp3) is 0.538. The zero-order valence-electron chi connectivity index (χ0n) is 10.8. The molecule has 3 nitrogen and oxygen atoms in total. The maximum atomic E-state index is 13.1. The van der Waals surface area contributed by atoms with Crippen molar-refractivity contribution in [2.75, 3.05) is 26.2 Å². The number of phenolic OH excluding ortho intramolecular Hbond substituents is 1. The largest absolute Gasteiger partial charge is 0.503 e. The molecule has 0 atom stereocenters. The second kappa shape index (κ2) is 7.28. The van der Waals surface area contributed by atoms with E-state index in [2.05, 4.69) is 24.1 Å². The van der Waals surface area contributed by atoms with Crippen LogP contribution in [0.15, 0.2) is 12.1 Å². The van der Waals surface area contributed by atoms with Crippen molar-refractivity contribution in [1.29, 1.82) is 0 Å². The third-order valence-electron chi connectivity index (χ3n) is 2.91. The summed E-state index contributed by atoms with van der Waals surface area (Å²) in [5, 5.41) is 12.1. The monoisotopic (exact) mass is 258 g/mol. The lowest BCUT2D eigenvalue weighted by Crippen LogP contribution is -2.31. The minimum absolute atomic E-state index is 0.384. The Hall–Kier alpha value is -1.20. The number of hydrogen-bond donors (Lipinski definition) is 2. The molecule has 5 heteroatoms. The summed E-state index contributed by atoms with van der Waals surface area (Å²) in [5.74, 6) is -2.76. The lowest BCUT2D eigenvalue weighted by atomic mass is 10.2. The van der Waals surface area contributed by atoms with E-state index in [1.165, 1.54) is 0 Å². The van der Waals surface area contributed by atoms with E-state index in [-0.39, 0.29) is 0 Å². The fourth-order valence-electron chi connectivity index (χ4n) is 1.73. The Morgan fingerprint density at radius 2 is 1.72 bits per heavy atom. The quantitative estimate of drug-likeness (QED) is 0.735. The van der Waals surface area contributed by atoms with E-state index in [1.807, 2.05) is 0 Å². The van der Waals surface area contributed by atoms with Crippen LogP contribution in [0.3, 0.4) is 0 Å². The summed E-state index contributed by atoms with van der Waals surface area (Å²) in [5.41, 5.74) is 0.488. The summed E-state index contributed by atoms with van der Waals surface area (Å²) in [6.45, 7) is 8.20. The zero-order chi connectivity index (χ0) is 13.5. The van der Waals surface area contributed by atoms with Crippen LogP contribution in [0.2, 0.25) is 0 Å². The van der Waals surface area contributed by atoms with E-state index in [1.54, 1.807) is 0 Å². The van der Waals surface area contributed by atoms with E-state index in [9.17, 15) is 8.78 Å². The first-order valence-corrected chi connectivity index (χ1v) is 6.18. The predicted octanol–water partition coefficient (Wildman–Crippen LogP) is 2.10.